The highest BCUT2D eigenvalue weighted by atomic mass is 16.5. The van der Waals surface area contributed by atoms with Gasteiger partial charge in [0.25, 0.3) is 0 Å². The number of unbranched alkanes of at least 4 members (excludes halogenated alkanes) is 18. The monoisotopic (exact) mass is 456 g/mol. The molecule has 0 saturated heterocycles. The molecule has 1 N–H and O–H groups in total. The Morgan fingerprint density at radius 1 is 0.562 bits per heavy atom. The first-order chi connectivity index (χ1) is 15.5. The summed E-state index contributed by atoms with van der Waals surface area (Å²) >= 11 is 0. The maximum Gasteiger partial charge on any atom is 0.126 e. The molecule has 194 valence electrons. The van der Waals surface area contributed by atoms with Crippen molar-refractivity contribution in [3.8, 4) is 0 Å². The molecule has 0 radical (unpaired) electrons. The summed E-state index contributed by atoms with van der Waals surface area (Å²) in [5.74, 6) is 0. The van der Waals surface area contributed by atoms with Crippen molar-refractivity contribution in [2.45, 2.75) is 148 Å². The molecule has 0 fully saturated rings. The van der Waals surface area contributed by atoms with Gasteiger partial charge in [0.1, 0.15) is 12.6 Å². The van der Waals surface area contributed by atoms with Crippen molar-refractivity contribution in [1.82, 2.24) is 0 Å². The quantitative estimate of drug-likeness (QED) is 0.105. The second-order valence-electron chi connectivity index (χ2n) is 10.9. The highest BCUT2D eigenvalue weighted by Crippen LogP contribution is 2.13. The third-order valence-corrected chi connectivity index (χ3v) is 6.77. The number of aliphatic hydroxyl groups is 1. The van der Waals surface area contributed by atoms with Crippen molar-refractivity contribution in [1.29, 1.82) is 0 Å². The molecule has 0 aromatic carbocycles. The molecule has 1 atom stereocenters. The van der Waals surface area contributed by atoms with Crippen LogP contribution in [0.15, 0.2) is 0 Å². The van der Waals surface area contributed by atoms with Gasteiger partial charge in [-0.2, -0.15) is 0 Å². The minimum atomic E-state index is -0.337. The van der Waals surface area contributed by atoms with E-state index < -0.39 is 0 Å². The van der Waals surface area contributed by atoms with E-state index >= 15 is 0 Å². The van der Waals surface area contributed by atoms with E-state index in [4.69, 9.17) is 4.74 Å². The number of likely N-dealkylation sites (N-methyl/N-ethyl adjacent to an activating group) is 1. The lowest BCUT2D eigenvalue weighted by Gasteiger charge is -2.32. The Bertz CT molecular complexity index is 359. The van der Waals surface area contributed by atoms with Crippen molar-refractivity contribution >= 4 is 0 Å². The van der Waals surface area contributed by atoms with Gasteiger partial charge >= 0.3 is 0 Å². The molecular formula is C29H62NO2+. The predicted octanol–water partition coefficient (Wildman–Crippen LogP) is 8.28. The van der Waals surface area contributed by atoms with Gasteiger partial charge in [-0.25, -0.2) is 0 Å². The molecule has 0 amide bonds. The van der Waals surface area contributed by atoms with Crippen LogP contribution < -0.4 is 0 Å². The molecule has 3 heteroatoms. The second-order valence-corrected chi connectivity index (χ2v) is 10.9. The number of rotatable bonds is 26. The van der Waals surface area contributed by atoms with Crippen LogP contribution in [0, 0.1) is 0 Å². The zero-order chi connectivity index (χ0) is 23.8. The maximum atomic E-state index is 10.4. The third kappa shape index (κ3) is 24.5. The molecule has 32 heavy (non-hydrogen) atoms. The number of hydrogen-bond donors (Lipinski definition) is 1. The van der Waals surface area contributed by atoms with Gasteiger partial charge in [0, 0.05) is 6.61 Å². The Morgan fingerprint density at radius 3 is 1.38 bits per heavy atom. The average Bonchev–Trinajstić information content (AvgIpc) is 2.75. The van der Waals surface area contributed by atoms with Gasteiger partial charge in [-0.15, -0.1) is 0 Å². The fraction of sp³-hybridized carbons (Fsp3) is 1.00. The van der Waals surface area contributed by atoms with Crippen LogP contribution in [0.5, 0.6) is 0 Å². The van der Waals surface area contributed by atoms with E-state index in [0.29, 0.717) is 6.61 Å². The molecule has 0 saturated carbocycles. The molecular weight excluding hydrogens is 394 g/mol. The molecule has 0 aliphatic carbocycles. The van der Waals surface area contributed by atoms with Crippen molar-refractivity contribution in [2.75, 3.05) is 40.4 Å². The van der Waals surface area contributed by atoms with Crippen LogP contribution >= 0.6 is 0 Å². The smallest absolute Gasteiger partial charge is 0.126 e. The molecule has 0 aliphatic rings. The van der Waals surface area contributed by atoms with Gasteiger partial charge in [-0.05, 0) is 19.3 Å². The van der Waals surface area contributed by atoms with E-state index in [-0.39, 0.29) is 6.10 Å². The first-order valence-electron chi connectivity index (χ1n) is 14.6. The SMILES string of the molecule is CCCCCCCCCCCCCCOCC(O)C[N+](C)(C)CCCCCCCCCC. The summed E-state index contributed by atoms with van der Waals surface area (Å²) in [6, 6.07) is 0. The number of hydrogen-bond acceptors (Lipinski definition) is 2. The average molecular weight is 457 g/mol. The Morgan fingerprint density at radius 2 is 0.938 bits per heavy atom. The standard InChI is InChI=1S/C29H62NO2/c1-5-7-9-11-13-15-16-17-18-20-22-24-26-32-28-29(31)27-30(3,4)25-23-21-19-14-12-10-8-6-2/h29,31H,5-28H2,1-4H3/q+1. The van der Waals surface area contributed by atoms with Gasteiger partial charge in [0.05, 0.1) is 27.2 Å². The van der Waals surface area contributed by atoms with Gasteiger partial charge in [-0.3, -0.25) is 0 Å². The van der Waals surface area contributed by atoms with E-state index in [1.54, 1.807) is 0 Å². The maximum absolute atomic E-state index is 10.4. The van der Waals surface area contributed by atoms with E-state index in [1.165, 1.54) is 122 Å². The molecule has 0 heterocycles. The Hall–Kier alpha value is -0.120. The molecule has 0 aromatic heterocycles. The van der Waals surface area contributed by atoms with Gasteiger partial charge < -0.3 is 14.3 Å². The van der Waals surface area contributed by atoms with Crippen LogP contribution in [-0.4, -0.2) is 56.1 Å². The summed E-state index contributed by atoms with van der Waals surface area (Å²) in [7, 11) is 4.49. The van der Waals surface area contributed by atoms with Crippen molar-refractivity contribution < 1.29 is 14.3 Å². The summed E-state index contributed by atoms with van der Waals surface area (Å²) in [6.07, 6.45) is 27.0. The van der Waals surface area contributed by atoms with Crippen LogP contribution in [0.4, 0.5) is 0 Å². The fourth-order valence-corrected chi connectivity index (χ4v) is 4.65. The van der Waals surface area contributed by atoms with E-state index in [1.807, 2.05) is 0 Å². The summed E-state index contributed by atoms with van der Waals surface area (Å²) in [6.45, 7) is 7.82. The first kappa shape index (κ1) is 31.9. The van der Waals surface area contributed by atoms with E-state index in [9.17, 15) is 5.11 Å². The number of aliphatic hydroxyl groups excluding tert-OH is 1. The van der Waals surface area contributed by atoms with Crippen molar-refractivity contribution in [3.63, 3.8) is 0 Å². The summed E-state index contributed by atoms with van der Waals surface area (Å²) < 4.78 is 6.66. The summed E-state index contributed by atoms with van der Waals surface area (Å²) in [4.78, 5) is 0. The highest BCUT2D eigenvalue weighted by Gasteiger charge is 2.20. The molecule has 0 spiro atoms. The molecule has 0 aliphatic heterocycles. The summed E-state index contributed by atoms with van der Waals surface area (Å²) in [5.41, 5.74) is 0. The molecule has 0 rings (SSSR count). The Labute approximate surface area is 203 Å². The largest absolute Gasteiger partial charge is 0.385 e. The topological polar surface area (TPSA) is 29.5 Å². The minimum absolute atomic E-state index is 0.337. The fourth-order valence-electron chi connectivity index (χ4n) is 4.65. The minimum Gasteiger partial charge on any atom is -0.385 e. The van der Waals surface area contributed by atoms with E-state index in [0.717, 1.165) is 30.6 Å². The summed E-state index contributed by atoms with van der Waals surface area (Å²) in [5, 5.41) is 10.4. The van der Waals surface area contributed by atoms with Crippen LogP contribution in [0.25, 0.3) is 0 Å². The second kappa shape index (κ2) is 24.0. The first-order valence-corrected chi connectivity index (χ1v) is 14.6. The molecule has 0 aromatic rings. The lowest BCUT2D eigenvalue weighted by Crippen LogP contribution is -2.47. The van der Waals surface area contributed by atoms with Crippen LogP contribution in [0.2, 0.25) is 0 Å². The van der Waals surface area contributed by atoms with Crippen molar-refractivity contribution in [3.05, 3.63) is 0 Å². The third-order valence-electron chi connectivity index (χ3n) is 6.77. The Kier molecular flexibility index (Phi) is 23.9. The van der Waals surface area contributed by atoms with Gasteiger partial charge in [0.2, 0.25) is 0 Å². The number of quaternary nitrogens is 1. The molecule has 3 nitrogen and oxygen atoms in total. The zero-order valence-electron chi connectivity index (χ0n) is 22.9. The van der Waals surface area contributed by atoms with Gasteiger partial charge in [-0.1, -0.05) is 123 Å². The molecule has 1 unspecified atom stereocenters. The lowest BCUT2D eigenvalue weighted by molar-refractivity contribution is -0.893. The van der Waals surface area contributed by atoms with Gasteiger partial charge in [0.15, 0.2) is 0 Å². The van der Waals surface area contributed by atoms with Crippen LogP contribution in [0.1, 0.15) is 142 Å². The Balaban J connectivity index is 3.42. The number of ether oxygens (including phenoxy) is 1. The normalized spacial score (nSPS) is 13.0. The van der Waals surface area contributed by atoms with Crippen LogP contribution in [-0.2, 0) is 4.74 Å². The molecule has 0 bridgehead atoms. The van der Waals surface area contributed by atoms with Crippen molar-refractivity contribution in [2.24, 2.45) is 0 Å². The number of nitrogens with zero attached hydrogens (tertiary/aromatic N) is 1. The van der Waals surface area contributed by atoms with E-state index in [2.05, 4.69) is 27.9 Å². The lowest BCUT2D eigenvalue weighted by atomic mass is 10.1. The van der Waals surface area contributed by atoms with Crippen LogP contribution in [0.3, 0.4) is 0 Å². The predicted molar refractivity (Wildman–Crippen MR) is 142 cm³/mol. The highest BCUT2D eigenvalue weighted by molar-refractivity contribution is 4.54. The zero-order valence-corrected chi connectivity index (χ0v) is 22.9.